The monoisotopic (exact) mass is 315 g/mol. The molecule has 5 rings (SSSR count). The minimum atomic E-state index is 0.329. The van der Waals surface area contributed by atoms with Crippen LogP contribution in [0.1, 0.15) is 56.2 Å². The van der Waals surface area contributed by atoms with Gasteiger partial charge in [-0.05, 0) is 68.6 Å². The highest BCUT2D eigenvalue weighted by Gasteiger charge is 2.51. The van der Waals surface area contributed by atoms with Gasteiger partial charge in [-0.1, -0.05) is 0 Å². The van der Waals surface area contributed by atoms with Crippen molar-refractivity contribution < 1.29 is 4.79 Å². The van der Waals surface area contributed by atoms with E-state index in [1.807, 2.05) is 29.9 Å². The normalized spacial score (nSPS) is 34.8. The molecule has 1 amide bonds. The Hall–Kier alpha value is -1.32. The number of amides is 1. The molecule has 4 heteroatoms. The molecule has 126 valence electrons. The number of aromatic nitrogens is 2. The molecule has 0 unspecified atom stereocenters. The lowest BCUT2D eigenvalue weighted by molar-refractivity contribution is -0.138. The Balaban J connectivity index is 1.42. The summed E-state index contributed by atoms with van der Waals surface area (Å²) in [5.74, 6) is 3.08. The van der Waals surface area contributed by atoms with E-state index in [0.717, 1.165) is 35.4 Å². The van der Waals surface area contributed by atoms with E-state index in [1.54, 1.807) is 0 Å². The molecule has 4 nitrogen and oxygen atoms in total. The van der Waals surface area contributed by atoms with Crippen LogP contribution >= 0.6 is 0 Å². The lowest BCUT2D eigenvalue weighted by atomic mass is 9.49. The van der Waals surface area contributed by atoms with Crippen LogP contribution in [-0.2, 0) is 18.4 Å². The van der Waals surface area contributed by atoms with Gasteiger partial charge in [0.1, 0.15) is 0 Å². The first-order valence-electron chi connectivity index (χ1n) is 9.15. The molecule has 0 aliphatic heterocycles. The van der Waals surface area contributed by atoms with Gasteiger partial charge in [0.2, 0.25) is 5.91 Å². The smallest absolute Gasteiger partial charge is 0.223 e. The van der Waals surface area contributed by atoms with Crippen molar-refractivity contribution in [1.82, 2.24) is 14.7 Å². The molecule has 1 heterocycles. The van der Waals surface area contributed by atoms with E-state index >= 15 is 0 Å². The number of hydrogen-bond donors (Lipinski definition) is 0. The van der Waals surface area contributed by atoms with E-state index < -0.39 is 0 Å². The molecule has 0 radical (unpaired) electrons. The fourth-order valence-corrected chi connectivity index (χ4v) is 6.01. The van der Waals surface area contributed by atoms with Crippen LogP contribution in [0.5, 0.6) is 0 Å². The first kappa shape index (κ1) is 15.2. The van der Waals surface area contributed by atoms with Crippen LogP contribution in [0.3, 0.4) is 0 Å². The third-order valence-corrected chi connectivity index (χ3v) is 6.86. The summed E-state index contributed by atoms with van der Waals surface area (Å²) >= 11 is 0. The molecule has 4 aliphatic rings. The van der Waals surface area contributed by atoms with Crippen LogP contribution in [0.4, 0.5) is 0 Å². The Labute approximate surface area is 139 Å². The van der Waals surface area contributed by atoms with E-state index in [9.17, 15) is 4.79 Å². The van der Waals surface area contributed by atoms with Gasteiger partial charge in [-0.15, -0.1) is 0 Å². The molecule has 1 aromatic rings. The van der Waals surface area contributed by atoms with Gasteiger partial charge in [-0.25, -0.2) is 0 Å². The first-order chi connectivity index (χ1) is 10.9. The lowest BCUT2D eigenvalue weighted by Gasteiger charge is -2.56. The average molecular weight is 315 g/mol. The van der Waals surface area contributed by atoms with Crippen molar-refractivity contribution in [2.75, 3.05) is 7.05 Å². The molecule has 0 saturated heterocycles. The Bertz CT molecular complexity index is 583. The molecule has 4 fully saturated rings. The van der Waals surface area contributed by atoms with Gasteiger partial charge in [-0.3, -0.25) is 9.48 Å². The summed E-state index contributed by atoms with van der Waals surface area (Å²) in [6.45, 7) is 2.75. The standard InChI is InChI=1S/C19H29N3O/c1-13-17(11-20-22(13)3)12-21(2)18(23)10-19-7-14-4-15(8-19)6-16(5-14)9-19/h11,14-16H,4-10,12H2,1-3H3. The Morgan fingerprint density at radius 1 is 1.26 bits per heavy atom. The van der Waals surface area contributed by atoms with Gasteiger partial charge in [0, 0.05) is 38.3 Å². The first-order valence-corrected chi connectivity index (χ1v) is 9.15. The zero-order valence-electron chi connectivity index (χ0n) is 14.7. The Morgan fingerprint density at radius 2 is 1.83 bits per heavy atom. The second-order valence-electron chi connectivity index (χ2n) is 8.72. The maximum absolute atomic E-state index is 12.8. The summed E-state index contributed by atoms with van der Waals surface area (Å²) in [5.41, 5.74) is 2.65. The van der Waals surface area contributed by atoms with E-state index in [2.05, 4.69) is 12.0 Å². The van der Waals surface area contributed by atoms with Crippen molar-refractivity contribution >= 4 is 5.91 Å². The van der Waals surface area contributed by atoms with Crippen molar-refractivity contribution in [3.63, 3.8) is 0 Å². The van der Waals surface area contributed by atoms with Crippen LogP contribution in [-0.4, -0.2) is 27.6 Å². The highest BCUT2D eigenvalue weighted by Crippen LogP contribution is 2.61. The van der Waals surface area contributed by atoms with Crippen molar-refractivity contribution in [2.45, 2.75) is 58.4 Å². The van der Waals surface area contributed by atoms with E-state index in [1.165, 1.54) is 38.5 Å². The molecule has 4 bridgehead atoms. The average Bonchev–Trinajstić information content (AvgIpc) is 2.77. The second-order valence-corrected chi connectivity index (χ2v) is 8.72. The number of nitrogens with zero attached hydrogens (tertiary/aromatic N) is 3. The molecular weight excluding hydrogens is 286 g/mol. The number of hydrogen-bond acceptors (Lipinski definition) is 2. The van der Waals surface area contributed by atoms with Gasteiger partial charge in [0.15, 0.2) is 0 Å². The maximum Gasteiger partial charge on any atom is 0.223 e. The van der Waals surface area contributed by atoms with Gasteiger partial charge in [-0.2, -0.15) is 5.10 Å². The van der Waals surface area contributed by atoms with Gasteiger partial charge >= 0.3 is 0 Å². The minimum Gasteiger partial charge on any atom is -0.341 e. The minimum absolute atomic E-state index is 0.329. The summed E-state index contributed by atoms with van der Waals surface area (Å²) in [6, 6.07) is 0. The number of carbonyl (C=O) groups excluding carboxylic acids is 1. The number of aryl methyl sites for hydroxylation is 1. The zero-order valence-corrected chi connectivity index (χ0v) is 14.7. The summed E-state index contributed by atoms with van der Waals surface area (Å²) in [7, 11) is 3.91. The predicted molar refractivity (Wildman–Crippen MR) is 89.6 cm³/mol. The van der Waals surface area contributed by atoms with Crippen molar-refractivity contribution in [1.29, 1.82) is 0 Å². The number of carbonyl (C=O) groups is 1. The Morgan fingerprint density at radius 3 is 2.30 bits per heavy atom. The largest absolute Gasteiger partial charge is 0.341 e. The van der Waals surface area contributed by atoms with Crippen molar-refractivity contribution in [2.24, 2.45) is 30.2 Å². The quantitative estimate of drug-likeness (QED) is 0.855. The highest BCUT2D eigenvalue weighted by atomic mass is 16.2. The van der Waals surface area contributed by atoms with Crippen molar-refractivity contribution in [3.8, 4) is 0 Å². The topological polar surface area (TPSA) is 38.1 Å². The molecule has 0 atom stereocenters. The summed E-state index contributed by atoms with van der Waals surface area (Å²) < 4.78 is 1.88. The maximum atomic E-state index is 12.8. The van der Waals surface area contributed by atoms with Crippen LogP contribution in [0.15, 0.2) is 6.20 Å². The fraction of sp³-hybridized carbons (Fsp3) is 0.789. The highest BCUT2D eigenvalue weighted by molar-refractivity contribution is 5.76. The molecular formula is C19H29N3O. The van der Waals surface area contributed by atoms with E-state index in [4.69, 9.17) is 0 Å². The molecule has 1 aromatic heterocycles. The molecule has 0 N–H and O–H groups in total. The Kier molecular flexibility index (Phi) is 3.54. The van der Waals surface area contributed by atoms with E-state index in [0.29, 0.717) is 17.9 Å². The van der Waals surface area contributed by atoms with Gasteiger partial charge < -0.3 is 4.90 Å². The molecule has 0 spiro atoms. The third-order valence-electron chi connectivity index (χ3n) is 6.86. The van der Waals surface area contributed by atoms with Gasteiger partial charge in [0.25, 0.3) is 0 Å². The second kappa shape index (κ2) is 5.35. The van der Waals surface area contributed by atoms with Crippen LogP contribution < -0.4 is 0 Å². The van der Waals surface area contributed by atoms with Crippen molar-refractivity contribution in [3.05, 3.63) is 17.5 Å². The predicted octanol–water partition coefficient (Wildman–Crippen LogP) is 3.29. The number of rotatable bonds is 4. The van der Waals surface area contributed by atoms with Crippen LogP contribution in [0.25, 0.3) is 0 Å². The lowest BCUT2D eigenvalue weighted by Crippen LogP contribution is -2.48. The molecule has 23 heavy (non-hydrogen) atoms. The summed E-state index contributed by atoms with van der Waals surface area (Å²) in [5, 5.41) is 4.29. The van der Waals surface area contributed by atoms with Gasteiger partial charge in [0.05, 0.1) is 6.20 Å². The SMILES string of the molecule is Cc1c(CN(C)C(=O)CC23CC4CC(CC(C4)C2)C3)cnn1C. The third kappa shape index (κ3) is 2.70. The zero-order chi connectivity index (χ0) is 16.2. The van der Waals surface area contributed by atoms with Crippen LogP contribution in [0.2, 0.25) is 0 Å². The van der Waals surface area contributed by atoms with E-state index in [-0.39, 0.29) is 0 Å². The summed E-state index contributed by atoms with van der Waals surface area (Å²) in [6.07, 6.45) is 10.9. The molecule has 0 aromatic carbocycles. The summed E-state index contributed by atoms with van der Waals surface area (Å²) in [4.78, 5) is 14.8. The van der Waals surface area contributed by atoms with Crippen LogP contribution in [0, 0.1) is 30.1 Å². The molecule has 4 aliphatic carbocycles. The molecule has 4 saturated carbocycles. The fourth-order valence-electron chi connectivity index (χ4n) is 6.01.